The minimum atomic E-state index is -0.279. The number of nitrogens with one attached hydrogen (secondary N) is 1. The molecule has 142 valence electrons. The van der Waals surface area contributed by atoms with E-state index >= 15 is 0 Å². The van der Waals surface area contributed by atoms with Gasteiger partial charge in [0.2, 0.25) is 11.8 Å². The van der Waals surface area contributed by atoms with E-state index in [0.717, 1.165) is 22.4 Å². The maximum absolute atomic E-state index is 12.5. The first-order valence-corrected chi connectivity index (χ1v) is 9.30. The van der Waals surface area contributed by atoms with Gasteiger partial charge in [0.15, 0.2) is 0 Å². The third-order valence-electron chi connectivity index (χ3n) is 5.09. The van der Waals surface area contributed by atoms with Crippen molar-refractivity contribution in [3.63, 3.8) is 0 Å². The molecule has 1 N–H and O–H groups in total. The number of para-hydroxylation sites is 1. The first-order chi connectivity index (χ1) is 13.1. The lowest BCUT2D eigenvalue weighted by Gasteiger charge is -2.18. The molecule has 1 fully saturated rings. The Morgan fingerprint density at radius 2 is 1.85 bits per heavy atom. The van der Waals surface area contributed by atoms with Crippen molar-refractivity contribution in [2.75, 3.05) is 20.2 Å². The van der Waals surface area contributed by atoms with Crippen molar-refractivity contribution in [1.29, 1.82) is 0 Å². The van der Waals surface area contributed by atoms with Crippen LogP contribution in [-0.2, 0) is 22.6 Å². The van der Waals surface area contributed by atoms with E-state index in [1.54, 1.807) is 12.0 Å². The maximum Gasteiger partial charge on any atom is 0.225 e. The highest BCUT2D eigenvalue weighted by atomic mass is 16.5. The van der Waals surface area contributed by atoms with E-state index in [1.807, 2.05) is 55.5 Å². The predicted molar refractivity (Wildman–Crippen MR) is 104 cm³/mol. The molecular formula is C22H26N2O3. The molecule has 0 spiro atoms. The van der Waals surface area contributed by atoms with Crippen LogP contribution in [0.3, 0.4) is 0 Å². The van der Waals surface area contributed by atoms with Gasteiger partial charge in [-0.3, -0.25) is 9.59 Å². The first kappa shape index (κ1) is 19.0. The van der Waals surface area contributed by atoms with Crippen molar-refractivity contribution in [2.45, 2.75) is 26.3 Å². The Kier molecular flexibility index (Phi) is 6.12. The Labute approximate surface area is 160 Å². The van der Waals surface area contributed by atoms with Crippen molar-refractivity contribution in [2.24, 2.45) is 5.92 Å². The second-order valence-corrected chi connectivity index (χ2v) is 6.95. The Balaban J connectivity index is 1.51. The number of amides is 2. The number of nitrogens with zero attached hydrogens (tertiary/aromatic N) is 1. The Morgan fingerprint density at radius 1 is 1.15 bits per heavy atom. The number of carbonyl (C=O) groups is 2. The molecule has 2 aromatic rings. The molecule has 2 amide bonds. The molecule has 0 aromatic heterocycles. The lowest BCUT2D eigenvalue weighted by Crippen LogP contribution is -2.34. The fraction of sp³-hybridized carbons (Fsp3) is 0.364. The van der Waals surface area contributed by atoms with Gasteiger partial charge in [0.25, 0.3) is 0 Å². The van der Waals surface area contributed by atoms with Crippen LogP contribution in [0.1, 0.15) is 23.1 Å². The number of aryl methyl sites for hydroxylation is 1. The number of hydrogen-bond donors (Lipinski definition) is 1. The van der Waals surface area contributed by atoms with Gasteiger partial charge in [-0.05, 0) is 36.1 Å². The molecule has 3 rings (SSSR count). The number of ether oxygens (including phenoxy) is 1. The van der Waals surface area contributed by atoms with E-state index in [0.29, 0.717) is 26.1 Å². The summed E-state index contributed by atoms with van der Waals surface area (Å²) < 4.78 is 5.33. The Hall–Kier alpha value is -2.82. The standard InChI is InChI=1S/C22H26N2O3/c1-16-7-3-4-9-18(16)14-24-15-19(13-21(24)25)22(26)23-12-11-17-8-5-6-10-20(17)27-2/h3-10,19H,11-15H2,1-2H3,(H,23,26). The number of likely N-dealkylation sites (tertiary alicyclic amines) is 1. The topological polar surface area (TPSA) is 58.6 Å². The summed E-state index contributed by atoms with van der Waals surface area (Å²) in [5, 5.41) is 2.97. The number of benzene rings is 2. The Bertz CT molecular complexity index is 819. The summed E-state index contributed by atoms with van der Waals surface area (Å²) in [7, 11) is 1.64. The van der Waals surface area contributed by atoms with Crippen LogP contribution in [0.2, 0.25) is 0 Å². The maximum atomic E-state index is 12.5. The third-order valence-corrected chi connectivity index (χ3v) is 5.09. The van der Waals surface area contributed by atoms with Crippen molar-refractivity contribution < 1.29 is 14.3 Å². The molecule has 1 heterocycles. The molecule has 0 saturated carbocycles. The smallest absolute Gasteiger partial charge is 0.225 e. The number of hydrogen-bond acceptors (Lipinski definition) is 3. The largest absolute Gasteiger partial charge is 0.496 e. The average molecular weight is 366 g/mol. The molecule has 5 nitrogen and oxygen atoms in total. The predicted octanol–water partition coefficient (Wildman–Crippen LogP) is 2.71. The van der Waals surface area contributed by atoms with Crippen LogP contribution in [0.15, 0.2) is 48.5 Å². The second kappa shape index (κ2) is 8.71. The SMILES string of the molecule is COc1ccccc1CCNC(=O)C1CC(=O)N(Cc2ccccc2C)C1. The quantitative estimate of drug-likeness (QED) is 0.820. The molecule has 1 aliphatic heterocycles. The molecule has 2 aromatic carbocycles. The summed E-state index contributed by atoms with van der Waals surface area (Å²) in [6.45, 7) is 3.61. The molecule has 1 unspecified atom stereocenters. The van der Waals surface area contributed by atoms with Gasteiger partial charge >= 0.3 is 0 Å². The van der Waals surface area contributed by atoms with Gasteiger partial charge in [0.1, 0.15) is 5.75 Å². The van der Waals surface area contributed by atoms with Crippen LogP contribution in [-0.4, -0.2) is 36.9 Å². The van der Waals surface area contributed by atoms with E-state index in [2.05, 4.69) is 5.32 Å². The summed E-state index contributed by atoms with van der Waals surface area (Å²) in [6.07, 6.45) is 0.982. The minimum absolute atomic E-state index is 0.0446. The number of rotatable bonds is 7. The molecule has 1 aliphatic rings. The lowest BCUT2D eigenvalue weighted by atomic mass is 10.1. The van der Waals surface area contributed by atoms with Gasteiger partial charge in [-0.25, -0.2) is 0 Å². The molecule has 27 heavy (non-hydrogen) atoms. The van der Waals surface area contributed by atoms with E-state index in [1.165, 1.54) is 0 Å². The first-order valence-electron chi connectivity index (χ1n) is 9.30. The van der Waals surface area contributed by atoms with Gasteiger partial charge in [-0.15, -0.1) is 0 Å². The molecule has 5 heteroatoms. The highest BCUT2D eigenvalue weighted by Crippen LogP contribution is 2.22. The molecule has 1 atom stereocenters. The summed E-state index contributed by atoms with van der Waals surface area (Å²) in [5.41, 5.74) is 3.35. The zero-order chi connectivity index (χ0) is 19.2. The second-order valence-electron chi connectivity index (χ2n) is 6.95. The van der Waals surface area contributed by atoms with E-state index in [9.17, 15) is 9.59 Å². The summed E-state index contributed by atoms with van der Waals surface area (Å²) in [5.74, 6) is 0.542. The van der Waals surface area contributed by atoms with Gasteiger partial charge in [0.05, 0.1) is 13.0 Å². The highest BCUT2D eigenvalue weighted by Gasteiger charge is 2.34. The van der Waals surface area contributed by atoms with Gasteiger partial charge in [-0.2, -0.15) is 0 Å². The fourth-order valence-electron chi connectivity index (χ4n) is 3.47. The van der Waals surface area contributed by atoms with E-state index in [4.69, 9.17) is 4.74 Å². The zero-order valence-electron chi connectivity index (χ0n) is 15.9. The number of carbonyl (C=O) groups excluding carboxylic acids is 2. The normalized spacial score (nSPS) is 16.4. The van der Waals surface area contributed by atoms with Crippen molar-refractivity contribution in [1.82, 2.24) is 10.2 Å². The van der Waals surface area contributed by atoms with E-state index < -0.39 is 0 Å². The molecule has 1 saturated heterocycles. The van der Waals surface area contributed by atoms with Crippen molar-refractivity contribution in [3.05, 3.63) is 65.2 Å². The molecule has 0 aliphatic carbocycles. The minimum Gasteiger partial charge on any atom is -0.496 e. The monoisotopic (exact) mass is 366 g/mol. The van der Waals surface area contributed by atoms with Crippen LogP contribution in [0.5, 0.6) is 5.75 Å². The van der Waals surface area contributed by atoms with Crippen LogP contribution >= 0.6 is 0 Å². The summed E-state index contributed by atoms with van der Waals surface area (Å²) in [4.78, 5) is 26.6. The van der Waals surface area contributed by atoms with Gasteiger partial charge in [0, 0.05) is 26.1 Å². The van der Waals surface area contributed by atoms with Crippen LogP contribution in [0.25, 0.3) is 0 Å². The van der Waals surface area contributed by atoms with E-state index in [-0.39, 0.29) is 24.2 Å². The highest BCUT2D eigenvalue weighted by molar-refractivity contribution is 5.89. The summed E-state index contributed by atoms with van der Waals surface area (Å²) >= 11 is 0. The van der Waals surface area contributed by atoms with Gasteiger partial charge in [-0.1, -0.05) is 42.5 Å². The molecule has 0 bridgehead atoms. The van der Waals surface area contributed by atoms with Crippen LogP contribution in [0.4, 0.5) is 0 Å². The van der Waals surface area contributed by atoms with Crippen LogP contribution in [0, 0.1) is 12.8 Å². The van der Waals surface area contributed by atoms with Crippen molar-refractivity contribution >= 4 is 11.8 Å². The van der Waals surface area contributed by atoms with Gasteiger partial charge < -0.3 is 15.0 Å². The summed E-state index contributed by atoms with van der Waals surface area (Å²) in [6, 6.07) is 15.8. The third kappa shape index (κ3) is 4.67. The zero-order valence-corrected chi connectivity index (χ0v) is 15.9. The fourth-order valence-corrected chi connectivity index (χ4v) is 3.47. The Morgan fingerprint density at radius 3 is 2.59 bits per heavy atom. The average Bonchev–Trinajstić information content (AvgIpc) is 3.04. The number of methoxy groups -OCH3 is 1. The molecular weight excluding hydrogens is 340 g/mol. The lowest BCUT2D eigenvalue weighted by molar-refractivity contribution is -0.129. The van der Waals surface area contributed by atoms with Crippen molar-refractivity contribution in [3.8, 4) is 5.75 Å². The van der Waals surface area contributed by atoms with Crippen LogP contribution < -0.4 is 10.1 Å². The molecule has 0 radical (unpaired) electrons.